The van der Waals surface area contributed by atoms with Crippen molar-refractivity contribution in [3.8, 4) is 0 Å². The summed E-state index contributed by atoms with van der Waals surface area (Å²) in [5.74, 6) is -0.0457. The van der Waals surface area contributed by atoms with Gasteiger partial charge in [0.1, 0.15) is 0 Å². The first kappa shape index (κ1) is 10.5. The number of amides is 1. The van der Waals surface area contributed by atoms with Crippen LogP contribution in [0.25, 0.3) is 0 Å². The van der Waals surface area contributed by atoms with Crippen LogP contribution in [0.2, 0.25) is 0 Å². The molecule has 1 atom stereocenters. The fraction of sp³-hybridized carbons (Fsp3) is 0.889. The third-order valence-electron chi connectivity index (χ3n) is 2.50. The lowest BCUT2D eigenvalue weighted by molar-refractivity contribution is -0.120. The number of hydrogen-bond acceptors (Lipinski definition) is 3. The minimum absolute atomic E-state index is 0.0457. The van der Waals surface area contributed by atoms with E-state index in [2.05, 4.69) is 24.1 Å². The molecule has 0 saturated carbocycles. The number of carbonyl (C=O) groups excluding carboxylic acids is 1. The monoisotopic (exact) mass is 185 g/mol. The number of nitrogens with zero attached hydrogens (tertiary/aromatic N) is 1. The van der Waals surface area contributed by atoms with Crippen molar-refractivity contribution < 1.29 is 4.79 Å². The Morgan fingerprint density at radius 2 is 2.38 bits per heavy atom. The Morgan fingerprint density at radius 1 is 1.69 bits per heavy atom. The lowest BCUT2D eigenvalue weighted by Crippen LogP contribution is -2.41. The standard InChI is InChI=1S/C9H19N3O/c1-7(2)12-4-3-8(6-12)11-9(13)5-10/h7-8H,3-6,10H2,1-2H3,(H,11,13). The number of nitrogens with one attached hydrogen (secondary N) is 1. The fourth-order valence-electron chi connectivity index (χ4n) is 1.66. The molecule has 1 heterocycles. The first-order chi connectivity index (χ1) is 6.13. The number of hydrogen-bond donors (Lipinski definition) is 2. The Balaban J connectivity index is 2.29. The second-order valence-electron chi connectivity index (χ2n) is 3.85. The molecule has 13 heavy (non-hydrogen) atoms. The van der Waals surface area contributed by atoms with Gasteiger partial charge in [0.2, 0.25) is 5.91 Å². The molecule has 0 aliphatic carbocycles. The van der Waals surface area contributed by atoms with Gasteiger partial charge >= 0.3 is 0 Å². The van der Waals surface area contributed by atoms with Gasteiger partial charge in [-0.05, 0) is 20.3 Å². The third-order valence-corrected chi connectivity index (χ3v) is 2.50. The molecule has 4 heteroatoms. The van der Waals surface area contributed by atoms with Gasteiger partial charge in [-0.15, -0.1) is 0 Å². The molecule has 1 aliphatic rings. The van der Waals surface area contributed by atoms with Crippen LogP contribution in [-0.2, 0) is 4.79 Å². The number of likely N-dealkylation sites (tertiary alicyclic amines) is 1. The van der Waals surface area contributed by atoms with E-state index in [0.29, 0.717) is 12.1 Å². The first-order valence-corrected chi connectivity index (χ1v) is 4.87. The molecule has 76 valence electrons. The molecule has 0 aromatic rings. The molecule has 1 rings (SSSR count). The fourth-order valence-corrected chi connectivity index (χ4v) is 1.66. The van der Waals surface area contributed by atoms with E-state index in [4.69, 9.17) is 5.73 Å². The number of nitrogens with two attached hydrogens (primary N) is 1. The third kappa shape index (κ3) is 2.97. The largest absolute Gasteiger partial charge is 0.351 e. The second-order valence-corrected chi connectivity index (χ2v) is 3.85. The highest BCUT2D eigenvalue weighted by Gasteiger charge is 2.24. The highest BCUT2D eigenvalue weighted by molar-refractivity contribution is 5.78. The smallest absolute Gasteiger partial charge is 0.233 e. The van der Waals surface area contributed by atoms with E-state index in [-0.39, 0.29) is 12.5 Å². The molecule has 1 aliphatic heterocycles. The highest BCUT2D eigenvalue weighted by Crippen LogP contribution is 2.11. The molecule has 1 amide bonds. The molecule has 1 saturated heterocycles. The summed E-state index contributed by atoms with van der Waals surface area (Å²) in [4.78, 5) is 13.4. The van der Waals surface area contributed by atoms with Crippen molar-refractivity contribution in [1.29, 1.82) is 0 Å². The zero-order chi connectivity index (χ0) is 9.84. The molecule has 1 fully saturated rings. The maximum Gasteiger partial charge on any atom is 0.233 e. The molecular formula is C9H19N3O. The van der Waals surface area contributed by atoms with Crippen LogP contribution >= 0.6 is 0 Å². The van der Waals surface area contributed by atoms with E-state index in [1.165, 1.54) is 0 Å². The normalized spacial score (nSPS) is 23.8. The summed E-state index contributed by atoms with van der Waals surface area (Å²) in [6.45, 7) is 6.48. The van der Waals surface area contributed by atoms with Gasteiger partial charge < -0.3 is 11.1 Å². The summed E-state index contributed by atoms with van der Waals surface area (Å²) in [7, 11) is 0. The lowest BCUT2D eigenvalue weighted by atomic mass is 10.2. The van der Waals surface area contributed by atoms with Gasteiger partial charge in [0.05, 0.1) is 6.54 Å². The predicted molar refractivity (Wildman–Crippen MR) is 52.3 cm³/mol. The van der Waals surface area contributed by atoms with Crippen molar-refractivity contribution in [3.05, 3.63) is 0 Å². The molecule has 0 spiro atoms. The minimum Gasteiger partial charge on any atom is -0.351 e. The van der Waals surface area contributed by atoms with Crippen LogP contribution in [-0.4, -0.2) is 42.5 Å². The van der Waals surface area contributed by atoms with Crippen LogP contribution in [0.3, 0.4) is 0 Å². The summed E-state index contributed by atoms with van der Waals surface area (Å²) in [6, 6.07) is 0.873. The molecule has 0 aromatic heterocycles. The van der Waals surface area contributed by atoms with Crippen LogP contribution in [0.1, 0.15) is 20.3 Å². The van der Waals surface area contributed by atoms with Crippen LogP contribution in [0, 0.1) is 0 Å². The Hall–Kier alpha value is -0.610. The van der Waals surface area contributed by atoms with E-state index in [1.54, 1.807) is 0 Å². The summed E-state index contributed by atoms with van der Waals surface area (Å²) in [5, 5.41) is 2.91. The van der Waals surface area contributed by atoms with Crippen molar-refractivity contribution in [3.63, 3.8) is 0 Å². The summed E-state index contributed by atoms with van der Waals surface area (Å²) < 4.78 is 0. The lowest BCUT2D eigenvalue weighted by Gasteiger charge is -2.20. The van der Waals surface area contributed by atoms with Gasteiger partial charge in [-0.1, -0.05) is 0 Å². The maximum absolute atomic E-state index is 11.0. The van der Waals surface area contributed by atoms with Crippen LogP contribution in [0.5, 0.6) is 0 Å². The summed E-state index contributed by atoms with van der Waals surface area (Å²) in [6.07, 6.45) is 1.05. The van der Waals surface area contributed by atoms with E-state index < -0.39 is 0 Å². The van der Waals surface area contributed by atoms with E-state index in [1.807, 2.05) is 0 Å². The van der Waals surface area contributed by atoms with Crippen molar-refractivity contribution in [2.75, 3.05) is 19.6 Å². The Labute approximate surface area is 79.5 Å². The van der Waals surface area contributed by atoms with Gasteiger partial charge in [-0.25, -0.2) is 0 Å². The van der Waals surface area contributed by atoms with Crippen LogP contribution in [0.4, 0.5) is 0 Å². The Kier molecular flexibility index (Phi) is 3.69. The number of carbonyl (C=O) groups is 1. The van der Waals surface area contributed by atoms with Crippen molar-refractivity contribution >= 4 is 5.91 Å². The molecule has 0 aromatic carbocycles. The minimum atomic E-state index is -0.0457. The zero-order valence-corrected chi connectivity index (χ0v) is 8.42. The van der Waals surface area contributed by atoms with E-state index in [0.717, 1.165) is 19.5 Å². The number of rotatable bonds is 3. The molecule has 1 unspecified atom stereocenters. The highest BCUT2D eigenvalue weighted by atomic mass is 16.1. The Bertz CT molecular complexity index is 182. The topological polar surface area (TPSA) is 58.4 Å². The van der Waals surface area contributed by atoms with Crippen LogP contribution in [0.15, 0.2) is 0 Å². The van der Waals surface area contributed by atoms with Gasteiger partial charge in [0.25, 0.3) is 0 Å². The zero-order valence-electron chi connectivity index (χ0n) is 8.42. The summed E-state index contributed by atoms with van der Waals surface area (Å²) >= 11 is 0. The average molecular weight is 185 g/mol. The molecule has 0 bridgehead atoms. The van der Waals surface area contributed by atoms with Gasteiger partial charge in [-0.2, -0.15) is 0 Å². The second kappa shape index (κ2) is 4.58. The quantitative estimate of drug-likeness (QED) is 0.626. The Morgan fingerprint density at radius 3 is 2.85 bits per heavy atom. The molecule has 4 nitrogen and oxygen atoms in total. The molecular weight excluding hydrogens is 166 g/mol. The molecule has 0 radical (unpaired) electrons. The first-order valence-electron chi connectivity index (χ1n) is 4.87. The maximum atomic E-state index is 11.0. The van der Waals surface area contributed by atoms with Gasteiger partial charge in [0.15, 0.2) is 0 Å². The molecule has 3 N–H and O–H groups in total. The van der Waals surface area contributed by atoms with Crippen molar-refractivity contribution in [2.24, 2.45) is 5.73 Å². The van der Waals surface area contributed by atoms with E-state index in [9.17, 15) is 4.79 Å². The average Bonchev–Trinajstić information content (AvgIpc) is 2.52. The van der Waals surface area contributed by atoms with Crippen molar-refractivity contribution in [1.82, 2.24) is 10.2 Å². The van der Waals surface area contributed by atoms with Crippen molar-refractivity contribution in [2.45, 2.75) is 32.4 Å². The predicted octanol–water partition coefficient (Wildman–Crippen LogP) is -0.456. The van der Waals surface area contributed by atoms with Crippen LogP contribution < -0.4 is 11.1 Å². The SMILES string of the molecule is CC(C)N1CCC(NC(=O)CN)C1. The van der Waals surface area contributed by atoms with Gasteiger partial charge in [0, 0.05) is 25.2 Å². The van der Waals surface area contributed by atoms with E-state index >= 15 is 0 Å². The van der Waals surface area contributed by atoms with Gasteiger partial charge in [-0.3, -0.25) is 9.69 Å². The summed E-state index contributed by atoms with van der Waals surface area (Å²) in [5.41, 5.74) is 5.22.